The zero-order chi connectivity index (χ0) is 14.1. The Morgan fingerprint density at radius 3 is 3.10 bits per heavy atom. The molecular weight excluding hydrogens is 278 g/mol. The topological polar surface area (TPSA) is 78.9 Å². The number of rotatable bonds is 2. The summed E-state index contributed by atoms with van der Waals surface area (Å²) >= 11 is 6.04. The number of nitrogens with two attached hydrogens (primary N) is 1. The van der Waals surface area contributed by atoms with Gasteiger partial charge in [-0.25, -0.2) is 4.68 Å². The number of hydrogen-bond acceptors (Lipinski definition) is 5. The summed E-state index contributed by atoms with van der Waals surface area (Å²) in [6.45, 7) is 2.78. The maximum absolute atomic E-state index is 6.04. The Kier molecular flexibility index (Phi) is 3.58. The first kappa shape index (κ1) is 13.3. The van der Waals surface area contributed by atoms with Crippen LogP contribution in [0, 0.1) is 0 Å². The molecule has 1 aromatic heterocycles. The minimum Gasteiger partial charge on any atom is -0.398 e. The fraction of sp³-hybridized carbons (Fsp3) is 0.462. The van der Waals surface area contributed by atoms with E-state index in [9.17, 15) is 0 Å². The van der Waals surface area contributed by atoms with Gasteiger partial charge in [0.1, 0.15) is 0 Å². The number of nitrogen functional groups attached to an aromatic ring is 1. The second kappa shape index (κ2) is 5.38. The van der Waals surface area contributed by atoms with Crippen LogP contribution >= 0.6 is 11.6 Å². The van der Waals surface area contributed by atoms with Gasteiger partial charge in [0.2, 0.25) is 0 Å². The predicted octanol–water partition coefficient (Wildman–Crippen LogP) is 2.32. The van der Waals surface area contributed by atoms with E-state index in [1.807, 2.05) is 4.68 Å². The molecule has 7 heteroatoms. The van der Waals surface area contributed by atoms with Crippen molar-refractivity contribution in [1.29, 1.82) is 0 Å². The normalized spacial score (nSPS) is 22.9. The highest BCUT2D eigenvalue weighted by atomic mass is 35.5. The zero-order valence-corrected chi connectivity index (χ0v) is 11.9. The molecule has 0 bridgehead atoms. The van der Waals surface area contributed by atoms with Crippen LogP contribution in [0.1, 0.15) is 25.8 Å². The molecule has 106 valence electrons. The van der Waals surface area contributed by atoms with Gasteiger partial charge in [-0.3, -0.25) is 0 Å². The van der Waals surface area contributed by atoms with Crippen LogP contribution in [0.25, 0.3) is 11.4 Å². The predicted molar refractivity (Wildman–Crippen MR) is 76.4 cm³/mol. The monoisotopic (exact) mass is 293 g/mol. The molecule has 2 N–H and O–H groups in total. The van der Waals surface area contributed by atoms with Crippen LogP contribution in [-0.4, -0.2) is 32.9 Å². The Balaban J connectivity index is 1.99. The average Bonchev–Trinajstić information content (AvgIpc) is 2.90. The van der Waals surface area contributed by atoms with Crippen LogP contribution in [0.3, 0.4) is 0 Å². The molecule has 1 aromatic carbocycles. The van der Waals surface area contributed by atoms with E-state index in [1.54, 1.807) is 18.2 Å². The first-order valence-corrected chi connectivity index (χ1v) is 6.98. The van der Waals surface area contributed by atoms with Crippen LogP contribution in [0.15, 0.2) is 18.2 Å². The van der Waals surface area contributed by atoms with Crippen molar-refractivity contribution in [1.82, 2.24) is 20.2 Å². The molecule has 1 saturated heterocycles. The Bertz CT molecular complexity index is 615. The van der Waals surface area contributed by atoms with Gasteiger partial charge in [0.05, 0.1) is 12.1 Å². The van der Waals surface area contributed by atoms with Gasteiger partial charge in [0, 0.05) is 22.9 Å². The quantitative estimate of drug-likeness (QED) is 0.860. The molecule has 1 aliphatic rings. The van der Waals surface area contributed by atoms with Crippen molar-refractivity contribution in [2.75, 3.05) is 12.3 Å². The first-order valence-electron chi connectivity index (χ1n) is 6.60. The lowest BCUT2D eigenvalue weighted by Gasteiger charge is -2.27. The lowest BCUT2D eigenvalue weighted by Crippen LogP contribution is -2.26. The van der Waals surface area contributed by atoms with Gasteiger partial charge >= 0.3 is 0 Å². The molecule has 6 nitrogen and oxygen atoms in total. The third-order valence-corrected chi connectivity index (χ3v) is 3.79. The molecule has 1 aliphatic heterocycles. The smallest absolute Gasteiger partial charge is 0.184 e. The van der Waals surface area contributed by atoms with Crippen LogP contribution in [0.4, 0.5) is 5.69 Å². The zero-order valence-electron chi connectivity index (χ0n) is 11.2. The Morgan fingerprint density at radius 2 is 2.30 bits per heavy atom. The number of aromatic nitrogens is 4. The summed E-state index contributed by atoms with van der Waals surface area (Å²) in [7, 11) is 0. The number of tetrazole rings is 1. The summed E-state index contributed by atoms with van der Waals surface area (Å²) in [6.07, 6.45) is 1.99. The number of nitrogens with zero attached hydrogens (tertiary/aromatic N) is 4. The molecule has 20 heavy (non-hydrogen) atoms. The fourth-order valence-electron chi connectivity index (χ4n) is 2.54. The van der Waals surface area contributed by atoms with E-state index >= 15 is 0 Å². The maximum atomic E-state index is 6.04. The second-order valence-corrected chi connectivity index (χ2v) is 5.47. The summed E-state index contributed by atoms with van der Waals surface area (Å²) in [6, 6.07) is 5.54. The molecule has 0 aliphatic carbocycles. The third-order valence-electron chi connectivity index (χ3n) is 3.55. The Hall–Kier alpha value is -1.66. The van der Waals surface area contributed by atoms with Crippen molar-refractivity contribution < 1.29 is 4.74 Å². The van der Waals surface area contributed by atoms with Crippen LogP contribution in [0.5, 0.6) is 0 Å². The number of hydrogen-bond donors (Lipinski definition) is 1. The SMILES string of the molecule is CC1CC(n2nnnc2-c2cc(Cl)ccc2N)CCO1. The average molecular weight is 294 g/mol. The lowest BCUT2D eigenvalue weighted by molar-refractivity contribution is 0.00351. The number of ether oxygens (including phenoxy) is 1. The highest BCUT2D eigenvalue weighted by Gasteiger charge is 2.25. The molecule has 3 rings (SSSR count). The standard InChI is InChI=1S/C13H16ClN5O/c1-8-6-10(4-5-20-8)19-13(16-17-18-19)11-7-9(14)2-3-12(11)15/h2-3,7-8,10H,4-6,15H2,1H3. The Morgan fingerprint density at radius 1 is 1.45 bits per heavy atom. The molecule has 0 saturated carbocycles. The number of benzene rings is 1. The molecule has 2 aromatic rings. The van der Waals surface area contributed by atoms with E-state index in [0.717, 1.165) is 25.0 Å². The highest BCUT2D eigenvalue weighted by molar-refractivity contribution is 6.31. The van der Waals surface area contributed by atoms with E-state index < -0.39 is 0 Å². The second-order valence-electron chi connectivity index (χ2n) is 5.04. The minimum absolute atomic E-state index is 0.211. The first-order chi connectivity index (χ1) is 9.65. The number of halogens is 1. The molecule has 2 heterocycles. The van der Waals surface area contributed by atoms with Crippen molar-refractivity contribution in [3.8, 4) is 11.4 Å². The van der Waals surface area contributed by atoms with Crippen LogP contribution in [-0.2, 0) is 4.74 Å². The van der Waals surface area contributed by atoms with E-state index in [0.29, 0.717) is 16.5 Å². The maximum Gasteiger partial charge on any atom is 0.184 e. The van der Waals surface area contributed by atoms with E-state index in [2.05, 4.69) is 22.4 Å². The molecular formula is C13H16ClN5O. The van der Waals surface area contributed by atoms with E-state index in [-0.39, 0.29) is 12.1 Å². The minimum atomic E-state index is 0.211. The summed E-state index contributed by atoms with van der Waals surface area (Å²) in [5.74, 6) is 0.657. The van der Waals surface area contributed by atoms with Gasteiger partial charge < -0.3 is 10.5 Å². The van der Waals surface area contributed by atoms with Gasteiger partial charge in [-0.2, -0.15) is 0 Å². The summed E-state index contributed by atoms with van der Waals surface area (Å²) in [5, 5.41) is 12.6. The largest absolute Gasteiger partial charge is 0.398 e. The molecule has 0 amide bonds. The molecule has 1 fully saturated rings. The molecule has 0 spiro atoms. The summed E-state index contributed by atoms with van der Waals surface area (Å²) < 4.78 is 7.40. The van der Waals surface area contributed by atoms with Crippen molar-refractivity contribution in [3.63, 3.8) is 0 Å². The highest BCUT2D eigenvalue weighted by Crippen LogP contribution is 2.31. The van der Waals surface area contributed by atoms with Crippen LogP contribution in [0.2, 0.25) is 5.02 Å². The van der Waals surface area contributed by atoms with E-state index in [1.165, 1.54) is 0 Å². The summed E-state index contributed by atoms with van der Waals surface area (Å²) in [5.41, 5.74) is 7.40. The summed E-state index contributed by atoms with van der Waals surface area (Å²) in [4.78, 5) is 0. The van der Waals surface area contributed by atoms with Gasteiger partial charge in [0.25, 0.3) is 0 Å². The third kappa shape index (κ3) is 2.48. The molecule has 0 radical (unpaired) electrons. The van der Waals surface area contributed by atoms with Crippen molar-refractivity contribution in [2.24, 2.45) is 0 Å². The van der Waals surface area contributed by atoms with Gasteiger partial charge in [0.15, 0.2) is 5.82 Å². The van der Waals surface area contributed by atoms with Crippen LogP contribution < -0.4 is 5.73 Å². The molecule has 2 unspecified atom stereocenters. The fourth-order valence-corrected chi connectivity index (χ4v) is 2.71. The Labute approximate surface area is 121 Å². The van der Waals surface area contributed by atoms with Gasteiger partial charge in [-0.15, -0.1) is 5.10 Å². The van der Waals surface area contributed by atoms with Crippen molar-refractivity contribution in [3.05, 3.63) is 23.2 Å². The van der Waals surface area contributed by atoms with Crippen molar-refractivity contribution >= 4 is 17.3 Å². The number of anilines is 1. The van der Waals surface area contributed by atoms with E-state index in [4.69, 9.17) is 22.1 Å². The van der Waals surface area contributed by atoms with Crippen molar-refractivity contribution in [2.45, 2.75) is 31.9 Å². The molecule has 2 atom stereocenters. The van der Waals surface area contributed by atoms with Gasteiger partial charge in [-0.05, 0) is 48.4 Å². The van der Waals surface area contributed by atoms with Gasteiger partial charge in [-0.1, -0.05) is 11.6 Å². The lowest BCUT2D eigenvalue weighted by atomic mass is 10.0.